The lowest BCUT2D eigenvalue weighted by atomic mass is 10.0. The molecule has 1 aromatic rings. The van der Waals surface area contributed by atoms with Crippen molar-refractivity contribution in [2.24, 2.45) is 5.92 Å². The summed E-state index contributed by atoms with van der Waals surface area (Å²) in [6.07, 6.45) is 6.99. The second-order valence-corrected chi connectivity index (χ2v) is 7.67. The van der Waals surface area contributed by atoms with Crippen LogP contribution < -0.4 is 5.32 Å². The largest absolute Gasteiger partial charge is 0.351 e. The number of hydrogen-bond donors (Lipinski definition) is 1. The van der Waals surface area contributed by atoms with Crippen LogP contribution in [0.4, 0.5) is 4.39 Å². The molecule has 1 N–H and O–H groups in total. The molecule has 1 aliphatic heterocycles. The minimum absolute atomic E-state index is 0.185. The molecular weight excluding hydrogens is 345 g/mol. The van der Waals surface area contributed by atoms with Gasteiger partial charge in [-0.3, -0.25) is 14.5 Å². The van der Waals surface area contributed by atoms with Crippen molar-refractivity contribution in [1.82, 2.24) is 15.1 Å². The van der Waals surface area contributed by atoms with Gasteiger partial charge in [0.2, 0.25) is 5.91 Å². The Hall–Kier alpha value is -1.95. The Labute approximate surface area is 160 Å². The fourth-order valence-electron chi connectivity index (χ4n) is 4.04. The molecule has 0 radical (unpaired) electrons. The molecule has 1 saturated heterocycles. The summed E-state index contributed by atoms with van der Waals surface area (Å²) in [6, 6.07) is 5.55. The van der Waals surface area contributed by atoms with Crippen LogP contribution in [0.3, 0.4) is 0 Å². The van der Waals surface area contributed by atoms with E-state index < -0.39 is 0 Å². The number of carbonyl (C=O) groups excluding carboxylic acids is 2. The number of hydrogen-bond acceptors (Lipinski definition) is 3. The van der Waals surface area contributed by atoms with Crippen molar-refractivity contribution in [2.45, 2.75) is 38.5 Å². The summed E-state index contributed by atoms with van der Waals surface area (Å²) in [5, 5.41) is 2.87. The molecule has 27 heavy (non-hydrogen) atoms. The lowest BCUT2D eigenvalue weighted by Crippen LogP contribution is -2.50. The van der Waals surface area contributed by atoms with Gasteiger partial charge in [0.1, 0.15) is 5.82 Å². The first kappa shape index (κ1) is 19.8. The average Bonchev–Trinajstić information content (AvgIpc) is 3.21. The molecule has 0 spiro atoms. The van der Waals surface area contributed by atoms with Gasteiger partial charge < -0.3 is 10.2 Å². The van der Waals surface area contributed by atoms with Gasteiger partial charge in [-0.05, 0) is 36.6 Å². The predicted molar refractivity (Wildman–Crippen MR) is 103 cm³/mol. The molecule has 1 aromatic carbocycles. The van der Waals surface area contributed by atoms with Crippen LogP contribution in [-0.2, 0) is 4.79 Å². The second-order valence-electron chi connectivity index (χ2n) is 7.67. The molecule has 3 rings (SSSR count). The van der Waals surface area contributed by atoms with E-state index in [-0.39, 0.29) is 11.7 Å². The van der Waals surface area contributed by atoms with E-state index in [0.717, 1.165) is 45.1 Å². The Bertz CT molecular complexity index is 621. The maximum absolute atomic E-state index is 12.9. The molecule has 0 atom stereocenters. The highest BCUT2D eigenvalue weighted by Crippen LogP contribution is 2.28. The van der Waals surface area contributed by atoms with Crippen molar-refractivity contribution in [2.75, 3.05) is 39.3 Å². The summed E-state index contributed by atoms with van der Waals surface area (Å²) in [7, 11) is 0. The van der Waals surface area contributed by atoms with Crippen LogP contribution in [0.5, 0.6) is 0 Å². The quantitative estimate of drug-likeness (QED) is 0.797. The Morgan fingerprint density at radius 3 is 2.37 bits per heavy atom. The first-order chi connectivity index (χ1) is 13.1. The van der Waals surface area contributed by atoms with Crippen LogP contribution in [0.1, 0.15) is 48.9 Å². The summed E-state index contributed by atoms with van der Waals surface area (Å²) in [6.45, 7) is 4.55. The van der Waals surface area contributed by atoms with Crippen molar-refractivity contribution in [3.63, 3.8) is 0 Å². The van der Waals surface area contributed by atoms with E-state index in [4.69, 9.17) is 0 Å². The normalized spacial score (nSPS) is 18.6. The highest BCUT2D eigenvalue weighted by Gasteiger charge is 2.22. The molecule has 148 valence electrons. The Morgan fingerprint density at radius 2 is 1.70 bits per heavy atom. The summed E-state index contributed by atoms with van der Waals surface area (Å²) in [4.78, 5) is 28.6. The Morgan fingerprint density at radius 1 is 1.04 bits per heavy atom. The van der Waals surface area contributed by atoms with Gasteiger partial charge in [0.15, 0.2) is 0 Å². The topological polar surface area (TPSA) is 52.7 Å². The van der Waals surface area contributed by atoms with Gasteiger partial charge in [0, 0.05) is 51.3 Å². The van der Waals surface area contributed by atoms with Gasteiger partial charge in [0.25, 0.3) is 5.91 Å². The smallest absolute Gasteiger partial charge is 0.251 e. The number of nitrogens with zero attached hydrogens (tertiary/aromatic N) is 2. The number of amides is 2. The fraction of sp³-hybridized carbons (Fsp3) is 0.619. The summed E-state index contributed by atoms with van der Waals surface area (Å²) in [5.41, 5.74) is 0.467. The van der Waals surface area contributed by atoms with E-state index in [1.54, 1.807) is 0 Å². The first-order valence-corrected chi connectivity index (χ1v) is 10.2. The molecule has 6 heteroatoms. The number of rotatable bonds is 7. The number of nitrogens with one attached hydrogen (secondary N) is 1. The summed E-state index contributed by atoms with van der Waals surface area (Å²) >= 11 is 0. The van der Waals surface area contributed by atoms with Crippen LogP contribution in [-0.4, -0.2) is 60.9 Å². The zero-order valence-corrected chi connectivity index (χ0v) is 16.0. The molecule has 2 fully saturated rings. The second kappa shape index (κ2) is 9.83. The van der Waals surface area contributed by atoms with E-state index in [1.807, 2.05) is 4.90 Å². The van der Waals surface area contributed by atoms with Crippen molar-refractivity contribution in [3.8, 4) is 0 Å². The molecule has 1 saturated carbocycles. The zero-order valence-electron chi connectivity index (χ0n) is 16.0. The maximum atomic E-state index is 12.9. The van der Waals surface area contributed by atoms with E-state index in [2.05, 4.69) is 10.2 Å². The third-order valence-electron chi connectivity index (χ3n) is 5.79. The molecule has 2 amide bonds. The van der Waals surface area contributed by atoms with Crippen molar-refractivity contribution >= 4 is 11.8 Å². The monoisotopic (exact) mass is 375 g/mol. The number of benzene rings is 1. The number of halogens is 1. The fourth-order valence-corrected chi connectivity index (χ4v) is 4.04. The Balaban J connectivity index is 1.30. The zero-order chi connectivity index (χ0) is 19.1. The van der Waals surface area contributed by atoms with Crippen molar-refractivity contribution in [3.05, 3.63) is 35.6 Å². The lowest BCUT2D eigenvalue weighted by Gasteiger charge is -2.35. The third-order valence-corrected chi connectivity index (χ3v) is 5.79. The summed E-state index contributed by atoms with van der Waals surface area (Å²) < 4.78 is 12.9. The van der Waals surface area contributed by atoms with Gasteiger partial charge in [-0.15, -0.1) is 0 Å². The highest BCUT2D eigenvalue weighted by atomic mass is 19.1. The van der Waals surface area contributed by atoms with Crippen LogP contribution in [0, 0.1) is 11.7 Å². The lowest BCUT2D eigenvalue weighted by molar-refractivity contribution is -0.133. The molecular formula is C21H30FN3O2. The number of piperazine rings is 1. The molecule has 1 heterocycles. The predicted octanol–water partition coefficient (Wildman–Crippen LogP) is 2.67. The highest BCUT2D eigenvalue weighted by molar-refractivity contribution is 5.94. The van der Waals surface area contributed by atoms with Crippen LogP contribution in [0.2, 0.25) is 0 Å². The third kappa shape index (κ3) is 6.03. The van der Waals surface area contributed by atoms with Gasteiger partial charge in [-0.25, -0.2) is 4.39 Å². The van der Waals surface area contributed by atoms with Crippen molar-refractivity contribution < 1.29 is 14.0 Å². The molecule has 5 nitrogen and oxygen atoms in total. The SMILES string of the molecule is O=C(NCCN1CCN(C(=O)CCC2CCCC2)CC1)c1ccc(F)cc1. The van der Waals surface area contributed by atoms with Gasteiger partial charge in [-0.2, -0.15) is 0 Å². The first-order valence-electron chi connectivity index (χ1n) is 10.2. The van der Waals surface area contributed by atoms with Crippen molar-refractivity contribution in [1.29, 1.82) is 0 Å². The van der Waals surface area contributed by atoms with Gasteiger partial charge >= 0.3 is 0 Å². The standard InChI is InChI=1S/C21H30FN3O2/c22-19-8-6-18(7-9-19)21(27)23-11-12-24-13-15-25(16-14-24)20(26)10-5-17-3-1-2-4-17/h6-9,17H,1-5,10-16H2,(H,23,27). The minimum Gasteiger partial charge on any atom is -0.351 e. The molecule has 1 aliphatic carbocycles. The van der Waals surface area contributed by atoms with Crippen LogP contribution in [0.25, 0.3) is 0 Å². The average molecular weight is 375 g/mol. The van der Waals surface area contributed by atoms with E-state index in [9.17, 15) is 14.0 Å². The molecule has 0 unspecified atom stereocenters. The maximum Gasteiger partial charge on any atom is 0.251 e. The summed E-state index contributed by atoms with van der Waals surface area (Å²) in [5.74, 6) is 0.532. The van der Waals surface area contributed by atoms with E-state index in [1.165, 1.54) is 49.9 Å². The van der Waals surface area contributed by atoms with Crippen LogP contribution in [0.15, 0.2) is 24.3 Å². The van der Waals surface area contributed by atoms with E-state index in [0.29, 0.717) is 24.4 Å². The molecule has 0 bridgehead atoms. The van der Waals surface area contributed by atoms with E-state index >= 15 is 0 Å². The Kier molecular flexibility index (Phi) is 7.21. The molecule has 0 aromatic heterocycles. The van der Waals surface area contributed by atoms with Crippen LogP contribution >= 0.6 is 0 Å². The van der Waals surface area contributed by atoms with Gasteiger partial charge in [-0.1, -0.05) is 25.7 Å². The van der Waals surface area contributed by atoms with Gasteiger partial charge in [0.05, 0.1) is 0 Å². The number of carbonyl (C=O) groups is 2. The minimum atomic E-state index is -0.345. The molecule has 2 aliphatic rings.